The van der Waals surface area contributed by atoms with E-state index in [0.29, 0.717) is 11.3 Å². The van der Waals surface area contributed by atoms with Crippen LogP contribution in [0.1, 0.15) is 26.3 Å². The number of amides is 2. The minimum Gasteiger partial charge on any atom is -0.343 e. The van der Waals surface area contributed by atoms with Crippen LogP contribution in [0.4, 0.5) is 13.2 Å². The van der Waals surface area contributed by atoms with Crippen molar-refractivity contribution in [2.75, 3.05) is 13.6 Å². The molecule has 30 heavy (non-hydrogen) atoms. The number of para-hydroxylation sites is 1. The molecular formula is C21H19F3N4O2. The third-order valence-corrected chi connectivity index (χ3v) is 4.32. The van der Waals surface area contributed by atoms with Crippen molar-refractivity contribution in [1.29, 1.82) is 0 Å². The number of hydrogen-bond acceptors (Lipinski definition) is 3. The summed E-state index contributed by atoms with van der Waals surface area (Å²) in [4.78, 5) is 26.2. The zero-order valence-corrected chi connectivity index (χ0v) is 16.1. The molecule has 9 heteroatoms. The number of aromatic nitrogens is 2. The van der Waals surface area contributed by atoms with E-state index >= 15 is 0 Å². The average Bonchev–Trinajstić information content (AvgIpc) is 3.26. The van der Waals surface area contributed by atoms with Crippen LogP contribution in [-0.2, 0) is 6.54 Å². The maximum atomic E-state index is 12.9. The molecule has 3 aromatic rings. The topological polar surface area (TPSA) is 67.2 Å². The standard InChI is InChI=1S/C21H19F3N4O2/c1-27(20(30)17-5-2-3-6-18(17)28-12-4-11-26-28)13-15-7-9-16(10-8-15)19(29)25-14-21(22,23)24/h2-12H,13-14H2,1H3,(H,25,29). The van der Waals surface area contributed by atoms with Crippen LogP contribution in [0.3, 0.4) is 0 Å². The average molecular weight is 416 g/mol. The molecule has 1 heterocycles. The zero-order chi connectivity index (χ0) is 21.7. The Balaban J connectivity index is 1.67. The molecule has 0 atom stereocenters. The number of rotatable bonds is 6. The van der Waals surface area contributed by atoms with Gasteiger partial charge in [0.25, 0.3) is 11.8 Å². The fourth-order valence-electron chi connectivity index (χ4n) is 2.86. The van der Waals surface area contributed by atoms with Gasteiger partial charge >= 0.3 is 6.18 Å². The summed E-state index contributed by atoms with van der Waals surface area (Å²) < 4.78 is 38.3. The van der Waals surface area contributed by atoms with Crippen LogP contribution in [0.5, 0.6) is 0 Å². The molecule has 0 fully saturated rings. The highest BCUT2D eigenvalue weighted by atomic mass is 19.4. The molecule has 0 saturated heterocycles. The Labute approximate surface area is 170 Å². The van der Waals surface area contributed by atoms with Crippen LogP contribution in [0.25, 0.3) is 5.69 Å². The van der Waals surface area contributed by atoms with Crippen molar-refractivity contribution in [2.45, 2.75) is 12.7 Å². The van der Waals surface area contributed by atoms with Crippen LogP contribution in [0, 0.1) is 0 Å². The molecule has 156 valence electrons. The number of halogens is 3. The number of hydrogen-bond donors (Lipinski definition) is 1. The first kappa shape index (κ1) is 21.1. The Morgan fingerprint density at radius 3 is 2.40 bits per heavy atom. The summed E-state index contributed by atoms with van der Waals surface area (Å²) in [5.74, 6) is -1.02. The second-order valence-electron chi connectivity index (χ2n) is 6.62. The molecule has 0 saturated carbocycles. The molecule has 0 radical (unpaired) electrons. The molecule has 0 bridgehead atoms. The van der Waals surface area contributed by atoms with E-state index in [9.17, 15) is 22.8 Å². The van der Waals surface area contributed by atoms with Crippen LogP contribution in [0.2, 0.25) is 0 Å². The molecule has 0 aliphatic heterocycles. The quantitative estimate of drug-likeness (QED) is 0.670. The third kappa shape index (κ3) is 5.25. The normalized spacial score (nSPS) is 11.2. The van der Waals surface area contributed by atoms with E-state index in [4.69, 9.17) is 0 Å². The lowest BCUT2D eigenvalue weighted by molar-refractivity contribution is -0.123. The Morgan fingerprint density at radius 1 is 1.07 bits per heavy atom. The van der Waals surface area contributed by atoms with Crippen LogP contribution < -0.4 is 5.32 Å². The monoisotopic (exact) mass is 416 g/mol. The van der Waals surface area contributed by atoms with Gasteiger partial charge in [0.15, 0.2) is 0 Å². The summed E-state index contributed by atoms with van der Waals surface area (Å²) in [5.41, 5.74) is 1.97. The summed E-state index contributed by atoms with van der Waals surface area (Å²) in [6.45, 7) is -1.13. The molecule has 0 spiro atoms. The summed E-state index contributed by atoms with van der Waals surface area (Å²) in [6.07, 6.45) is -1.10. The summed E-state index contributed by atoms with van der Waals surface area (Å²) >= 11 is 0. The first-order valence-electron chi connectivity index (χ1n) is 9.03. The van der Waals surface area contributed by atoms with Gasteiger partial charge in [-0.15, -0.1) is 0 Å². The maximum absolute atomic E-state index is 12.9. The van der Waals surface area contributed by atoms with E-state index < -0.39 is 18.6 Å². The van der Waals surface area contributed by atoms with E-state index in [-0.39, 0.29) is 18.0 Å². The van der Waals surface area contributed by atoms with Gasteiger partial charge in [0.2, 0.25) is 0 Å². The molecule has 3 rings (SSSR count). The van der Waals surface area contributed by atoms with Gasteiger partial charge in [-0.3, -0.25) is 9.59 Å². The lowest BCUT2D eigenvalue weighted by atomic mass is 10.1. The largest absolute Gasteiger partial charge is 0.405 e. The molecule has 1 aromatic heterocycles. The number of carbonyl (C=O) groups is 2. The van der Waals surface area contributed by atoms with Gasteiger partial charge in [0.1, 0.15) is 6.54 Å². The number of nitrogens with one attached hydrogen (secondary N) is 1. The van der Waals surface area contributed by atoms with Gasteiger partial charge < -0.3 is 10.2 Å². The first-order valence-corrected chi connectivity index (χ1v) is 9.03. The van der Waals surface area contributed by atoms with E-state index in [1.165, 1.54) is 17.0 Å². The molecule has 2 aromatic carbocycles. The SMILES string of the molecule is CN(Cc1ccc(C(=O)NCC(F)(F)F)cc1)C(=O)c1ccccc1-n1cccn1. The minimum absolute atomic E-state index is 0.112. The third-order valence-electron chi connectivity index (χ3n) is 4.32. The lowest BCUT2D eigenvalue weighted by Gasteiger charge is -2.19. The van der Waals surface area contributed by atoms with Crippen molar-refractivity contribution in [3.63, 3.8) is 0 Å². The van der Waals surface area contributed by atoms with Crippen molar-refractivity contribution in [2.24, 2.45) is 0 Å². The number of benzene rings is 2. The van der Waals surface area contributed by atoms with Crippen LogP contribution in [0.15, 0.2) is 67.0 Å². The van der Waals surface area contributed by atoms with E-state index in [2.05, 4.69) is 5.10 Å². The molecule has 0 aliphatic carbocycles. The van der Waals surface area contributed by atoms with Crippen molar-refractivity contribution in [3.05, 3.63) is 83.7 Å². The Morgan fingerprint density at radius 2 is 1.77 bits per heavy atom. The Hall–Kier alpha value is -3.62. The van der Waals surface area contributed by atoms with E-state index in [0.717, 1.165) is 5.56 Å². The van der Waals surface area contributed by atoms with Crippen molar-refractivity contribution >= 4 is 11.8 Å². The highest BCUT2D eigenvalue weighted by Gasteiger charge is 2.27. The van der Waals surface area contributed by atoms with Crippen molar-refractivity contribution < 1.29 is 22.8 Å². The van der Waals surface area contributed by atoms with Gasteiger partial charge in [-0.1, -0.05) is 24.3 Å². The predicted octanol–water partition coefficient (Wildman–Crippen LogP) is 3.44. The highest BCUT2D eigenvalue weighted by molar-refractivity contribution is 5.97. The summed E-state index contributed by atoms with van der Waals surface area (Å²) in [6, 6.07) is 14.9. The van der Waals surface area contributed by atoms with Gasteiger partial charge in [0, 0.05) is 31.5 Å². The fraction of sp³-hybridized carbons (Fsp3) is 0.190. The molecule has 1 N–H and O–H groups in total. The Kier molecular flexibility index (Phi) is 6.20. The number of alkyl halides is 3. The smallest absolute Gasteiger partial charge is 0.343 e. The number of nitrogens with zero attached hydrogens (tertiary/aromatic N) is 3. The van der Waals surface area contributed by atoms with Gasteiger partial charge in [0.05, 0.1) is 11.3 Å². The highest BCUT2D eigenvalue weighted by Crippen LogP contribution is 2.17. The van der Waals surface area contributed by atoms with Gasteiger partial charge in [-0.05, 0) is 35.9 Å². The van der Waals surface area contributed by atoms with Gasteiger partial charge in [-0.25, -0.2) is 4.68 Å². The fourth-order valence-corrected chi connectivity index (χ4v) is 2.86. The van der Waals surface area contributed by atoms with Gasteiger partial charge in [-0.2, -0.15) is 18.3 Å². The van der Waals surface area contributed by atoms with Crippen LogP contribution in [-0.4, -0.2) is 46.3 Å². The molecule has 2 amide bonds. The molecule has 0 aliphatic rings. The van der Waals surface area contributed by atoms with Crippen molar-refractivity contribution in [1.82, 2.24) is 20.0 Å². The maximum Gasteiger partial charge on any atom is 0.405 e. The predicted molar refractivity (Wildman–Crippen MR) is 104 cm³/mol. The number of carbonyl (C=O) groups excluding carboxylic acids is 2. The second-order valence-corrected chi connectivity index (χ2v) is 6.62. The first-order chi connectivity index (χ1) is 14.2. The second kappa shape index (κ2) is 8.81. The van der Waals surface area contributed by atoms with Crippen LogP contribution >= 0.6 is 0 Å². The molecule has 0 unspecified atom stereocenters. The van der Waals surface area contributed by atoms with Crippen molar-refractivity contribution in [3.8, 4) is 5.69 Å². The summed E-state index contributed by atoms with van der Waals surface area (Å²) in [5, 5.41) is 5.99. The molecule has 6 nitrogen and oxygen atoms in total. The summed E-state index contributed by atoms with van der Waals surface area (Å²) in [7, 11) is 1.64. The molecular weight excluding hydrogens is 397 g/mol. The zero-order valence-electron chi connectivity index (χ0n) is 16.1. The van der Waals surface area contributed by atoms with E-state index in [1.54, 1.807) is 60.5 Å². The van der Waals surface area contributed by atoms with E-state index in [1.807, 2.05) is 11.4 Å². The Bertz CT molecular complexity index is 1020. The minimum atomic E-state index is -4.47. The lowest BCUT2D eigenvalue weighted by Crippen LogP contribution is -2.33.